The highest BCUT2D eigenvalue weighted by Gasteiger charge is 2.16. The second kappa shape index (κ2) is 8.85. The fourth-order valence-corrected chi connectivity index (χ4v) is 2.75. The molecule has 0 aliphatic carbocycles. The number of aliphatic hydroxyl groups excluding tert-OH is 1. The van der Waals surface area contributed by atoms with E-state index in [0.29, 0.717) is 0 Å². The number of rotatable bonds is 7. The number of aromatic nitrogens is 2. The van der Waals surface area contributed by atoms with Gasteiger partial charge in [0.2, 0.25) is 11.6 Å². The van der Waals surface area contributed by atoms with Gasteiger partial charge in [-0.1, -0.05) is 0 Å². The first kappa shape index (κ1) is 20.0. The van der Waals surface area contributed by atoms with Crippen LogP contribution in [0, 0.1) is 0 Å². The lowest BCUT2D eigenvalue weighted by molar-refractivity contribution is -0.138. The molecule has 0 saturated carbocycles. The van der Waals surface area contributed by atoms with Gasteiger partial charge in [0, 0.05) is 12.4 Å². The van der Waals surface area contributed by atoms with Gasteiger partial charge >= 0.3 is 5.97 Å². The van der Waals surface area contributed by atoms with Crippen LogP contribution in [0.25, 0.3) is 0 Å². The maximum absolute atomic E-state index is 12.3. The van der Waals surface area contributed by atoms with Crippen molar-refractivity contribution in [2.45, 2.75) is 18.7 Å². The van der Waals surface area contributed by atoms with Gasteiger partial charge < -0.3 is 9.84 Å². The van der Waals surface area contributed by atoms with Crippen LogP contribution < -0.4 is 4.72 Å². The van der Waals surface area contributed by atoms with E-state index in [1.54, 1.807) is 13.0 Å². The zero-order valence-electron chi connectivity index (χ0n) is 14.5. The van der Waals surface area contributed by atoms with Gasteiger partial charge in [-0.05, 0) is 44.2 Å². The van der Waals surface area contributed by atoms with Crippen molar-refractivity contribution in [2.24, 2.45) is 10.2 Å². The van der Waals surface area contributed by atoms with Gasteiger partial charge in [0.15, 0.2) is 0 Å². The van der Waals surface area contributed by atoms with Crippen molar-refractivity contribution in [3.63, 3.8) is 0 Å². The number of benzene rings is 1. The van der Waals surface area contributed by atoms with Crippen LogP contribution in [0.15, 0.2) is 69.3 Å². The number of carbonyl (C=O) groups is 1. The highest BCUT2D eigenvalue weighted by Crippen LogP contribution is 2.20. The van der Waals surface area contributed by atoms with E-state index in [0.717, 1.165) is 0 Å². The first-order chi connectivity index (χ1) is 12.8. The predicted octanol–water partition coefficient (Wildman–Crippen LogP) is 2.71. The molecule has 0 fully saturated rings. The Labute approximate surface area is 155 Å². The Balaban J connectivity index is 2.17. The summed E-state index contributed by atoms with van der Waals surface area (Å²) in [6.07, 6.45) is 2.82. The number of hydrogen-bond donors (Lipinski definition) is 2. The molecule has 0 aliphatic rings. The van der Waals surface area contributed by atoms with Crippen molar-refractivity contribution in [1.29, 1.82) is 0 Å². The van der Waals surface area contributed by atoms with Crippen LogP contribution in [0.5, 0.6) is 0 Å². The van der Waals surface area contributed by atoms with E-state index in [1.807, 2.05) is 0 Å². The molecule has 0 radical (unpaired) electrons. The van der Waals surface area contributed by atoms with E-state index in [9.17, 15) is 18.3 Å². The number of ether oxygens (including phenoxy) is 1. The van der Waals surface area contributed by atoms with Crippen LogP contribution >= 0.6 is 0 Å². The molecule has 0 unspecified atom stereocenters. The van der Waals surface area contributed by atoms with Crippen LogP contribution in [0.2, 0.25) is 0 Å². The number of nitrogens with zero attached hydrogens (tertiary/aromatic N) is 4. The summed E-state index contributed by atoms with van der Waals surface area (Å²) in [5.41, 5.74) is -0.0654. The Morgan fingerprint density at radius 2 is 1.85 bits per heavy atom. The lowest BCUT2D eigenvalue weighted by Gasteiger charge is -2.06. The zero-order chi connectivity index (χ0) is 19.9. The minimum Gasteiger partial charge on any atom is -0.510 e. The molecule has 2 aromatic rings. The quantitative estimate of drug-likeness (QED) is 0.319. The number of anilines is 1. The average Bonchev–Trinajstić information content (AvgIpc) is 2.63. The molecule has 142 valence electrons. The Hall–Kier alpha value is -3.34. The smallest absolute Gasteiger partial charge is 0.362 e. The Kier molecular flexibility index (Phi) is 6.55. The van der Waals surface area contributed by atoms with E-state index >= 15 is 0 Å². The van der Waals surface area contributed by atoms with Gasteiger partial charge in [-0.2, -0.15) is 5.11 Å². The molecule has 2 N–H and O–H groups in total. The minimum atomic E-state index is -3.87. The third-order valence-corrected chi connectivity index (χ3v) is 4.36. The van der Waals surface area contributed by atoms with Crippen molar-refractivity contribution in [3.8, 4) is 0 Å². The molecule has 1 heterocycles. The van der Waals surface area contributed by atoms with Gasteiger partial charge in [0.25, 0.3) is 10.0 Å². The number of aliphatic hydroxyl groups is 1. The number of carbonyl (C=O) groups excluding carboxylic acids is 1. The van der Waals surface area contributed by atoms with E-state index in [1.165, 1.54) is 43.6 Å². The molecule has 0 atom stereocenters. The standard InChI is InChI=1S/C16H17N5O5S/c1-3-26-15(23)14(11(2)22)20-19-12-5-7-13(8-6-12)27(24,25)21-16-17-9-4-10-18-16/h4-10,22H,3H2,1-2H3,(H,17,18,21)/b14-11-,20-19?. The Bertz CT molecular complexity index is 952. The molecule has 27 heavy (non-hydrogen) atoms. The largest absolute Gasteiger partial charge is 0.510 e. The first-order valence-electron chi connectivity index (χ1n) is 7.72. The summed E-state index contributed by atoms with van der Waals surface area (Å²) in [5.74, 6) is -1.21. The first-order valence-corrected chi connectivity index (χ1v) is 9.20. The second-order valence-electron chi connectivity index (χ2n) is 5.03. The zero-order valence-corrected chi connectivity index (χ0v) is 15.3. The molecule has 1 aromatic heterocycles. The van der Waals surface area contributed by atoms with Crippen LogP contribution in [0.1, 0.15) is 13.8 Å². The minimum absolute atomic E-state index is 0.0339. The van der Waals surface area contributed by atoms with Crippen molar-refractivity contribution >= 4 is 27.6 Å². The van der Waals surface area contributed by atoms with Crippen molar-refractivity contribution < 1.29 is 23.1 Å². The maximum atomic E-state index is 12.3. The molecule has 2 rings (SSSR count). The number of allylic oxidation sites excluding steroid dienone is 1. The van der Waals surface area contributed by atoms with Crippen molar-refractivity contribution in [3.05, 3.63) is 54.2 Å². The van der Waals surface area contributed by atoms with Crippen molar-refractivity contribution in [1.82, 2.24) is 9.97 Å². The number of hydrogen-bond acceptors (Lipinski definition) is 9. The third kappa shape index (κ3) is 5.57. The van der Waals surface area contributed by atoms with E-state index in [2.05, 4.69) is 24.9 Å². The van der Waals surface area contributed by atoms with Gasteiger partial charge in [-0.25, -0.2) is 27.9 Å². The average molecular weight is 391 g/mol. The predicted molar refractivity (Wildman–Crippen MR) is 95.8 cm³/mol. The number of azo groups is 1. The van der Waals surface area contributed by atoms with Crippen LogP contribution in [-0.2, 0) is 19.6 Å². The fraction of sp³-hybridized carbons (Fsp3) is 0.188. The lowest BCUT2D eigenvalue weighted by atomic mass is 10.3. The Morgan fingerprint density at radius 3 is 2.41 bits per heavy atom. The maximum Gasteiger partial charge on any atom is 0.362 e. The van der Waals surface area contributed by atoms with Gasteiger partial charge in [0.05, 0.1) is 17.2 Å². The summed E-state index contributed by atoms with van der Waals surface area (Å²) < 4.78 is 31.6. The fourth-order valence-electron chi connectivity index (χ4n) is 1.79. The van der Waals surface area contributed by atoms with Gasteiger partial charge in [-0.15, -0.1) is 5.11 Å². The SMILES string of the molecule is CCOC(=O)/C(N=Nc1ccc(S(=O)(=O)Nc2ncccn2)cc1)=C(\C)O. The van der Waals surface area contributed by atoms with Crippen molar-refractivity contribution in [2.75, 3.05) is 11.3 Å². The molecule has 0 bridgehead atoms. The van der Waals surface area contributed by atoms with E-state index in [-0.39, 0.29) is 34.6 Å². The third-order valence-electron chi connectivity index (χ3n) is 3.02. The number of sulfonamides is 1. The molecular formula is C16H17N5O5S. The molecule has 0 spiro atoms. The van der Waals surface area contributed by atoms with Gasteiger partial charge in [-0.3, -0.25) is 0 Å². The van der Waals surface area contributed by atoms with E-state index in [4.69, 9.17) is 4.74 Å². The number of nitrogens with one attached hydrogen (secondary N) is 1. The molecule has 11 heteroatoms. The summed E-state index contributed by atoms with van der Waals surface area (Å²) in [6.45, 7) is 3.02. The lowest BCUT2D eigenvalue weighted by Crippen LogP contribution is -2.14. The summed E-state index contributed by atoms with van der Waals surface area (Å²) in [6, 6.07) is 6.95. The second-order valence-corrected chi connectivity index (χ2v) is 6.71. The summed E-state index contributed by atoms with van der Waals surface area (Å²) in [5, 5.41) is 17.0. The van der Waals surface area contributed by atoms with Crippen LogP contribution in [0.3, 0.4) is 0 Å². The van der Waals surface area contributed by atoms with Gasteiger partial charge in [0.1, 0.15) is 5.76 Å². The molecule has 0 amide bonds. The molecule has 10 nitrogen and oxygen atoms in total. The topological polar surface area (TPSA) is 143 Å². The monoisotopic (exact) mass is 391 g/mol. The molecule has 0 saturated heterocycles. The van der Waals surface area contributed by atoms with Crippen LogP contribution in [0.4, 0.5) is 11.6 Å². The molecule has 0 aliphatic heterocycles. The van der Waals surface area contributed by atoms with Crippen LogP contribution in [-0.4, -0.2) is 36.1 Å². The summed E-state index contributed by atoms with van der Waals surface area (Å²) >= 11 is 0. The number of esters is 1. The summed E-state index contributed by atoms with van der Waals surface area (Å²) in [7, 11) is -3.87. The highest BCUT2D eigenvalue weighted by atomic mass is 32.2. The molecule has 1 aromatic carbocycles. The Morgan fingerprint density at radius 1 is 1.22 bits per heavy atom. The normalized spacial score (nSPS) is 12.5. The molecular weight excluding hydrogens is 374 g/mol. The highest BCUT2D eigenvalue weighted by molar-refractivity contribution is 7.92. The summed E-state index contributed by atoms with van der Waals surface area (Å²) in [4.78, 5) is 19.2. The van der Waals surface area contributed by atoms with E-state index < -0.39 is 16.0 Å².